The minimum atomic E-state index is -0.558. The first-order valence-corrected chi connectivity index (χ1v) is 6.91. The van der Waals surface area contributed by atoms with Gasteiger partial charge < -0.3 is 10.1 Å². The number of nitrogens with zero attached hydrogens (tertiary/aromatic N) is 1. The number of nitrogens with one attached hydrogen (secondary N) is 1. The van der Waals surface area contributed by atoms with E-state index in [9.17, 15) is 9.59 Å². The van der Waals surface area contributed by atoms with E-state index in [2.05, 4.69) is 10.3 Å². The third-order valence-corrected chi connectivity index (χ3v) is 2.68. The molecule has 1 amide bonds. The summed E-state index contributed by atoms with van der Waals surface area (Å²) in [5.41, 5.74) is 0.324. The summed E-state index contributed by atoms with van der Waals surface area (Å²) in [4.78, 5) is 27.9. The first-order chi connectivity index (χ1) is 10.3. The Kier molecular flexibility index (Phi) is 4.56. The predicted molar refractivity (Wildman–Crippen MR) is 83.8 cm³/mol. The van der Waals surface area contributed by atoms with E-state index in [1.165, 1.54) is 6.20 Å². The summed E-state index contributed by atoms with van der Waals surface area (Å²) in [5, 5.41) is 2.67. The third kappa shape index (κ3) is 4.41. The summed E-state index contributed by atoms with van der Waals surface area (Å²) < 4.78 is 5.25. The summed E-state index contributed by atoms with van der Waals surface area (Å²) >= 11 is 0. The van der Waals surface area contributed by atoms with E-state index in [1.807, 2.05) is 6.07 Å². The summed E-state index contributed by atoms with van der Waals surface area (Å²) in [5.74, 6) is -0.319. The molecule has 0 unspecified atom stereocenters. The highest BCUT2D eigenvalue weighted by Gasteiger charge is 2.18. The molecule has 1 aromatic heterocycles. The van der Waals surface area contributed by atoms with E-state index in [0.717, 1.165) is 0 Å². The van der Waals surface area contributed by atoms with Gasteiger partial charge in [-0.2, -0.15) is 0 Å². The average Bonchev–Trinajstić information content (AvgIpc) is 2.47. The third-order valence-electron chi connectivity index (χ3n) is 2.68. The van der Waals surface area contributed by atoms with Crippen molar-refractivity contribution >= 4 is 17.7 Å². The van der Waals surface area contributed by atoms with Crippen LogP contribution in [0.5, 0.6) is 0 Å². The fourth-order valence-electron chi connectivity index (χ4n) is 1.70. The second-order valence-electron chi connectivity index (χ2n) is 5.75. The van der Waals surface area contributed by atoms with Gasteiger partial charge >= 0.3 is 5.97 Å². The van der Waals surface area contributed by atoms with Crippen LogP contribution in [0.3, 0.4) is 0 Å². The lowest BCUT2D eigenvalue weighted by atomic mass is 10.2. The smallest absolute Gasteiger partial charge is 0.340 e. The Morgan fingerprint density at radius 1 is 1.00 bits per heavy atom. The highest BCUT2D eigenvalue weighted by molar-refractivity contribution is 6.03. The number of benzene rings is 1. The van der Waals surface area contributed by atoms with Crippen LogP contribution in [0.4, 0.5) is 5.82 Å². The molecule has 0 bridgehead atoms. The fraction of sp³-hybridized carbons (Fsp3) is 0.235. The number of rotatable bonds is 3. The van der Waals surface area contributed by atoms with Gasteiger partial charge in [-0.25, -0.2) is 9.78 Å². The molecule has 1 N–H and O–H groups in total. The Morgan fingerprint density at radius 2 is 1.68 bits per heavy atom. The van der Waals surface area contributed by atoms with E-state index >= 15 is 0 Å². The van der Waals surface area contributed by atoms with E-state index in [0.29, 0.717) is 16.9 Å². The van der Waals surface area contributed by atoms with Gasteiger partial charge in [-0.05, 0) is 45.0 Å². The lowest BCUT2D eigenvalue weighted by Gasteiger charge is -2.19. The number of carbonyl (C=O) groups is 2. The first kappa shape index (κ1) is 15.7. The van der Waals surface area contributed by atoms with Crippen molar-refractivity contribution in [3.63, 3.8) is 0 Å². The normalized spacial score (nSPS) is 10.9. The monoisotopic (exact) mass is 298 g/mol. The molecule has 5 nitrogen and oxygen atoms in total. The number of esters is 1. The molecule has 0 atom stereocenters. The number of hydrogen-bond acceptors (Lipinski definition) is 4. The molecule has 1 heterocycles. The van der Waals surface area contributed by atoms with Gasteiger partial charge in [-0.3, -0.25) is 4.79 Å². The summed E-state index contributed by atoms with van der Waals surface area (Å²) in [6.07, 6.45) is 1.38. The van der Waals surface area contributed by atoms with Gasteiger partial charge in [-0.1, -0.05) is 18.2 Å². The molecule has 1 aromatic carbocycles. The van der Waals surface area contributed by atoms with Gasteiger partial charge in [0, 0.05) is 11.8 Å². The maximum atomic E-state index is 12.0. The van der Waals surface area contributed by atoms with Crippen LogP contribution in [0.2, 0.25) is 0 Å². The van der Waals surface area contributed by atoms with Crippen LogP contribution in [-0.2, 0) is 4.74 Å². The Hall–Kier alpha value is -2.69. The molecule has 2 aromatic rings. The van der Waals surface area contributed by atoms with Crippen molar-refractivity contribution < 1.29 is 14.3 Å². The molecular weight excluding hydrogens is 280 g/mol. The van der Waals surface area contributed by atoms with Crippen molar-refractivity contribution in [3.05, 3.63) is 59.8 Å². The number of ether oxygens (including phenoxy) is 1. The molecular formula is C17H18N2O3. The largest absolute Gasteiger partial charge is 0.456 e. The number of pyridine rings is 1. The second kappa shape index (κ2) is 6.39. The number of hydrogen-bond donors (Lipinski definition) is 1. The van der Waals surface area contributed by atoms with Crippen molar-refractivity contribution in [2.75, 3.05) is 5.32 Å². The van der Waals surface area contributed by atoms with Crippen molar-refractivity contribution in [1.82, 2.24) is 4.98 Å². The zero-order valence-corrected chi connectivity index (χ0v) is 12.8. The molecule has 0 aliphatic carbocycles. The predicted octanol–water partition coefficient (Wildman–Crippen LogP) is 3.29. The molecule has 0 saturated carbocycles. The molecule has 0 radical (unpaired) electrons. The van der Waals surface area contributed by atoms with Gasteiger partial charge in [-0.15, -0.1) is 0 Å². The highest BCUT2D eigenvalue weighted by atomic mass is 16.6. The molecule has 0 saturated heterocycles. The highest BCUT2D eigenvalue weighted by Crippen LogP contribution is 2.13. The van der Waals surface area contributed by atoms with Gasteiger partial charge in [0.2, 0.25) is 0 Å². The van der Waals surface area contributed by atoms with Crippen molar-refractivity contribution in [2.24, 2.45) is 0 Å². The Balaban J connectivity index is 2.03. The van der Waals surface area contributed by atoms with Gasteiger partial charge in [0.05, 0.1) is 5.56 Å². The van der Waals surface area contributed by atoms with Gasteiger partial charge in [0.15, 0.2) is 0 Å². The molecule has 0 spiro atoms. The molecule has 5 heteroatoms. The van der Waals surface area contributed by atoms with Crippen molar-refractivity contribution in [2.45, 2.75) is 26.4 Å². The first-order valence-electron chi connectivity index (χ1n) is 6.91. The van der Waals surface area contributed by atoms with E-state index in [4.69, 9.17) is 4.74 Å². The number of aromatic nitrogens is 1. The maximum absolute atomic E-state index is 12.0. The fourth-order valence-corrected chi connectivity index (χ4v) is 1.70. The summed E-state index contributed by atoms with van der Waals surface area (Å²) in [6.45, 7) is 5.40. The van der Waals surface area contributed by atoms with Crippen LogP contribution in [0.25, 0.3) is 0 Å². The summed E-state index contributed by atoms with van der Waals surface area (Å²) in [6, 6.07) is 12.0. The molecule has 0 aliphatic rings. The Labute approximate surface area is 129 Å². The van der Waals surface area contributed by atoms with Gasteiger partial charge in [0.25, 0.3) is 5.91 Å². The molecule has 0 fully saturated rings. The SMILES string of the molecule is CC(C)(C)OC(=O)c1ccc(NC(=O)c2ccccc2)nc1. The minimum absolute atomic E-state index is 0.252. The lowest BCUT2D eigenvalue weighted by molar-refractivity contribution is 0.00691. The standard InChI is InChI=1S/C17H18N2O3/c1-17(2,3)22-16(21)13-9-10-14(18-11-13)19-15(20)12-7-5-4-6-8-12/h4-11H,1-3H3,(H,18,19,20). The second-order valence-corrected chi connectivity index (χ2v) is 5.75. The summed E-state index contributed by atoms with van der Waals surface area (Å²) in [7, 11) is 0. The molecule has 22 heavy (non-hydrogen) atoms. The van der Waals surface area contributed by atoms with E-state index < -0.39 is 11.6 Å². The average molecular weight is 298 g/mol. The van der Waals surface area contributed by atoms with Gasteiger partial charge in [0.1, 0.15) is 11.4 Å². The van der Waals surface area contributed by atoms with Crippen LogP contribution in [-0.4, -0.2) is 22.5 Å². The zero-order chi connectivity index (χ0) is 16.2. The lowest BCUT2D eigenvalue weighted by Crippen LogP contribution is -2.24. The van der Waals surface area contributed by atoms with Crippen LogP contribution in [0.15, 0.2) is 48.7 Å². The van der Waals surface area contributed by atoms with Crippen LogP contribution in [0.1, 0.15) is 41.5 Å². The van der Waals surface area contributed by atoms with Crippen molar-refractivity contribution in [3.8, 4) is 0 Å². The van der Waals surface area contributed by atoms with Crippen molar-refractivity contribution in [1.29, 1.82) is 0 Å². The maximum Gasteiger partial charge on any atom is 0.340 e. The topological polar surface area (TPSA) is 68.3 Å². The number of carbonyl (C=O) groups excluding carboxylic acids is 2. The zero-order valence-electron chi connectivity index (χ0n) is 12.8. The molecule has 2 rings (SSSR count). The quantitative estimate of drug-likeness (QED) is 0.883. The number of amides is 1. The molecule has 0 aliphatic heterocycles. The van der Waals surface area contributed by atoms with Crippen LogP contribution in [0, 0.1) is 0 Å². The van der Waals surface area contributed by atoms with Crippen LogP contribution < -0.4 is 5.32 Å². The number of anilines is 1. The minimum Gasteiger partial charge on any atom is -0.456 e. The van der Waals surface area contributed by atoms with E-state index in [1.54, 1.807) is 57.2 Å². The Morgan fingerprint density at radius 3 is 2.23 bits per heavy atom. The Bertz CT molecular complexity index is 659. The molecule has 114 valence electrons. The van der Waals surface area contributed by atoms with E-state index in [-0.39, 0.29) is 5.91 Å². The van der Waals surface area contributed by atoms with Crippen LogP contribution >= 0.6 is 0 Å².